The van der Waals surface area contributed by atoms with E-state index in [2.05, 4.69) is 28.0 Å². The fourth-order valence-electron chi connectivity index (χ4n) is 7.79. The van der Waals surface area contributed by atoms with Gasteiger partial charge in [-0.15, -0.1) is 0 Å². The lowest BCUT2D eigenvalue weighted by Crippen LogP contribution is -2.59. The third-order valence-corrected chi connectivity index (χ3v) is 10.8. The van der Waals surface area contributed by atoms with Gasteiger partial charge in [0.25, 0.3) is 0 Å². The van der Waals surface area contributed by atoms with Gasteiger partial charge in [0.15, 0.2) is 0 Å². The average molecular weight is 818 g/mol. The zero-order valence-electron chi connectivity index (χ0n) is 36.0. The average Bonchev–Trinajstić information content (AvgIpc) is 3.56. The number of rotatable bonds is 17. The molecule has 4 aromatic rings. The first-order chi connectivity index (χ1) is 28.6. The van der Waals surface area contributed by atoms with Gasteiger partial charge in [-0.3, -0.25) is 14.6 Å². The number of benzene rings is 3. The SMILES string of the molecule is [CH2]O[C@@H](C[C@H](Cc1ccc(-c2ccccn2)cc1)NC(=O)[C@@H](NC(=O)OC)C(C)(C)C)[C@H](Cc1ccccc1)NC(=O)[C@@H](N1CCN(Cc2ccccc2)C1=O)C(C)(C)C. The molecule has 5 amide bonds. The highest BCUT2D eigenvalue weighted by Crippen LogP contribution is 2.30. The topological polar surface area (TPSA) is 142 Å². The minimum atomic E-state index is -0.926. The lowest BCUT2D eigenvalue weighted by molar-refractivity contribution is -0.131. The minimum Gasteiger partial charge on any atom is -0.453 e. The number of hydrogen-bond donors (Lipinski definition) is 3. The number of ether oxygens (including phenoxy) is 2. The van der Waals surface area contributed by atoms with Gasteiger partial charge in [0.1, 0.15) is 12.1 Å². The second-order valence-corrected chi connectivity index (χ2v) is 17.7. The summed E-state index contributed by atoms with van der Waals surface area (Å²) in [5.41, 5.74) is 3.44. The van der Waals surface area contributed by atoms with Crippen LogP contribution in [0.15, 0.2) is 109 Å². The number of pyridine rings is 1. The molecule has 12 nitrogen and oxygen atoms in total. The normalized spacial score (nSPS) is 15.7. The van der Waals surface area contributed by atoms with Crippen molar-refractivity contribution >= 4 is 23.9 Å². The van der Waals surface area contributed by atoms with Crippen LogP contribution in [0.1, 0.15) is 64.7 Å². The predicted octanol–water partition coefficient (Wildman–Crippen LogP) is 7.19. The van der Waals surface area contributed by atoms with Crippen LogP contribution < -0.4 is 16.0 Å². The Kier molecular flexibility index (Phi) is 15.5. The molecule has 5 rings (SSSR count). The molecule has 0 unspecified atom stereocenters. The minimum absolute atomic E-state index is 0.190. The van der Waals surface area contributed by atoms with Crippen molar-refractivity contribution in [2.24, 2.45) is 10.8 Å². The molecule has 1 aliphatic heterocycles. The molecule has 60 heavy (non-hydrogen) atoms. The van der Waals surface area contributed by atoms with E-state index in [0.29, 0.717) is 32.5 Å². The molecule has 3 aromatic carbocycles. The fraction of sp³-hybridized carbons (Fsp3) is 0.417. The van der Waals surface area contributed by atoms with Gasteiger partial charge >= 0.3 is 12.1 Å². The first-order valence-electron chi connectivity index (χ1n) is 20.6. The van der Waals surface area contributed by atoms with Gasteiger partial charge < -0.3 is 35.2 Å². The number of carbonyl (C=O) groups is 4. The number of nitrogens with zero attached hydrogens (tertiary/aromatic N) is 3. The van der Waals surface area contributed by atoms with E-state index in [-0.39, 0.29) is 18.4 Å². The lowest BCUT2D eigenvalue weighted by atomic mass is 9.84. The smallest absolute Gasteiger partial charge is 0.407 e. The van der Waals surface area contributed by atoms with Crippen molar-refractivity contribution in [3.63, 3.8) is 0 Å². The molecule has 0 bridgehead atoms. The second kappa shape index (κ2) is 20.5. The van der Waals surface area contributed by atoms with E-state index in [1.54, 1.807) is 16.0 Å². The molecule has 1 aromatic heterocycles. The van der Waals surface area contributed by atoms with Crippen LogP contribution in [0.4, 0.5) is 9.59 Å². The lowest BCUT2D eigenvalue weighted by Gasteiger charge is -2.39. The first-order valence-corrected chi connectivity index (χ1v) is 20.6. The Hall–Kier alpha value is -5.75. The molecule has 0 saturated carbocycles. The van der Waals surface area contributed by atoms with Crippen molar-refractivity contribution in [1.82, 2.24) is 30.7 Å². The summed E-state index contributed by atoms with van der Waals surface area (Å²) in [5.74, 6) is -0.698. The fourth-order valence-corrected chi connectivity index (χ4v) is 7.79. The summed E-state index contributed by atoms with van der Waals surface area (Å²) < 4.78 is 10.9. The molecule has 1 radical (unpaired) electrons. The Morgan fingerprint density at radius 1 is 0.733 bits per heavy atom. The summed E-state index contributed by atoms with van der Waals surface area (Å²) in [6.07, 6.45) is 1.38. The van der Waals surface area contributed by atoms with E-state index in [4.69, 9.17) is 9.47 Å². The van der Waals surface area contributed by atoms with E-state index in [1.165, 1.54) is 7.11 Å². The zero-order valence-corrected chi connectivity index (χ0v) is 36.0. The van der Waals surface area contributed by atoms with E-state index < -0.39 is 53.1 Å². The van der Waals surface area contributed by atoms with Crippen LogP contribution in [0, 0.1) is 17.9 Å². The van der Waals surface area contributed by atoms with E-state index >= 15 is 0 Å². The monoisotopic (exact) mass is 817 g/mol. The van der Waals surface area contributed by atoms with Gasteiger partial charge in [-0.05, 0) is 58.9 Å². The number of alkyl carbamates (subject to hydrolysis) is 1. The van der Waals surface area contributed by atoms with Crippen molar-refractivity contribution < 1.29 is 28.7 Å². The Morgan fingerprint density at radius 3 is 1.92 bits per heavy atom. The highest BCUT2D eigenvalue weighted by Gasteiger charge is 2.44. The molecular weight excluding hydrogens is 757 g/mol. The number of amides is 5. The number of carbonyl (C=O) groups excluding carboxylic acids is 4. The number of methoxy groups -OCH3 is 1. The Balaban J connectivity index is 1.44. The summed E-state index contributed by atoms with van der Waals surface area (Å²) in [5, 5.41) is 9.22. The van der Waals surface area contributed by atoms with Crippen LogP contribution in [-0.2, 0) is 38.4 Å². The van der Waals surface area contributed by atoms with Crippen LogP contribution in [0.2, 0.25) is 0 Å². The Labute approximate surface area is 355 Å². The largest absolute Gasteiger partial charge is 0.453 e. The van der Waals surface area contributed by atoms with Crippen LogP contribution in [0.3, 0.4) is 0 Å². The molecular formula is C48H61N6O6. The van der Waals surface area contributed by atoms with Crippen LogP contribution in [0.5, 0.6) is 0 Å². The molecule has 3 N–H and O–H groups in total. The summed E-state index contributed by atoms with van der Waals surface area (Å²) in [6.45, 7) is 12.8. The van der Waals surface area contributed by atoms with Crippen molar-refractivity contribution in [2.45, 2.75) is 97.6 Å². The summed E-state index contributed by atoms with van der Waals surface area (Å²) >= 11 is 0. The highest BCUT2D eigenvalue weighted by atomic mass is 16.5. The van der Waals surface area contributed by atoms with Gasteiger partial charge in [0.2, 0.25) is 11.8 Å². The van der Waals surface area contributed by atoms with Gasteiger partial charge in [0.05, 0.1) is 32.1 Å². The maximum absolute atomic E-state index is 14.7. The quantitative estimate of drug-likeness (QED) is 0.102. The number of urea groups is 1. The standard InChI is InChI=1S/C48H61N6O6/c1-47(2,3)41(52-45(57)60-8)43(55)50-37(29-34-22-24-36(25-23-34)38-21-15-16-26-49-38)31-40(59-7)39(30-33-17-11-9-12-18-33)51-44(56)42(48(4,5)6)54-28-27-53(46(54)58)32-35-19-13-10-14-20-35/h9-26,37,39-42H,7,27-32H2,1-6,8H3,(H,50,55)(H,51,56)(H,52,57)/t37-,39-,40-,41+,42+/m0/s1. The van der Waals surface area contributed by atoms with Gasteiger partial charge in [-0.25, -0.2) is 9.59 Å². The number of hydrogen-bond acceptors (Lipinski definition) is 7. The summed E-state index contributed by atoms with van der Waals surface area (Å²) in [6, 6.07) is 30.3. The molecule has 319 valence electrons. The van der Waals surface area contributed by atoms with E-state index in [1.807, 2.05) is 145 Å². The molecule has 1 aliphatic rings. The van der Waals surface area contributed by atoms with Crippen LogP contribution in [0.25, 0.3) is 11.3 Å². The van der Waals surface area contributed by atoms with Gasteiger partial charge in [0, 0.05) is 37.4 Å². The Bertz CT molecular complexity index is 2000. The number of aromatic nitrogens is 1. The third-order valence-electron chi connectivity index (χ3n) is 10.8. The van der Waals surface area contributed by atoms with Crippen molar-refractivity contribution in [1.29, 1.82) is 0 Å². The molecule has 5 atom stereocenters. The number of nitrogens with one attached hydrogen (secondary N) is 3. The summed E-state index contributed by atoms with van der Waals surface area (Å²) in [7, 11) is 5.14. The maximum Gasteiger partial charge on any atom is 0.407 e. The molecule has 1 saturated heterocycles. The van der Waals surface area contributed by atoms with E-state index in [9.17, 15) is 19.2 Å². The van der Waals surface area contributed by atoms with Crippen molar-refractivity contribution in [2.75, 3.05) is 20.2 Å². The zero-order chi connectivity index (χ0) is 43.5. The highest BCUT2D eigenvalue weighted by molar-refractivity contribution is 5.89. The van der Waals surface area contributed by atoms with Gasteiger partial charge in [-0.1, -0.05) is 133 Å². The summed E-state index contributed by atoms with van der Waals surface area (Å²) in [4.78, 5) is 63.2. The van der Waals surface area contributed by atoms with Crippen LogP contribution >= 0.6 is 0 Å². The van der Waals surface area contributed by atoms with Crippen LogP contribution in [-0.4, -0.2) is 89.2 Å². The predicted molar refractivity (Wildman–Crippen MR) is 233 cm³/mol. The molecule has 1 fully saturated rings. The third kappa shape index (κ3) is 12.4. The Morgan fingerprint density at radius 2 is 1.35 bits per heavy atom. The van der Waals surface area contributed by atoms with E-state index in [0.717, 1.165) is 27.9 Å². The molecule has 2 heterocycles. The van der Waals surface area contributed by atoms with Gasteiger partial charge in [-0.2, -0.15) is 0 Å². The van der Waals surface area contributed by atoms with Crippen molar-refractivity contribution in [3.8, 4) is 11.3 Å². The molecule has 12 heteroatoms. The molecule has 0 aliphatic carbocycles. The maximum atomic E-state index is 14.7. The molecule has 0 spiro atoms. The second-order valence-electron chi connectivity index (χ2n) is 17.7. The first kappa shape index (κ1) is 45.3. The van der Waals surface area contributed by atoms with Crippen molar-refractivity contribution in [3.05, 3.63) is 133 Å².